The number of hydrogen-bond donors (Lipinski definition) is 2. The molecule has 2 N–H and O–H groups in total. The molecule has 100 valence electrons. The number of fused-ring (bicyclic) bond motifs is 3. The van der Waals surface area contributed by atoms with Crippen molar-refractivity contribution in [2.45, 2.75) is 19.4 Å². The molecule has 1 unspecified atom stereocenters. The topological polar surface area (TPSA) is 66.6 Å². The summed E-state index contributed by atoms with van der Waals surface area (Å²) in [5.41, 5.74) is 0.974. The summed E-state index contributed by atoms with van der Waals surface area (Å²) in [7, 11) is 0. The van der Waals surface area contributed by atoms with Gasteiger partial charge in [-0.1, -0.05) is 0 Å². The summed E-state index contributed by atoms with van der Waals surface area (Å²) >= 11 is 2.97. The Morgan fingerprint density at radius 2 is 2.47 bits per heavy atom. The lowest BCUT2D eigenvalue weighted by Crippen LogP contribution is -2.25. The molecule has 0 saturated heterocycles. The fourth-order valence-corrected chi connectivity index (χ4v) is 3.56. The van der Waals surface area contributed by atoms with Crippen LogP contribution in [-0.4, -0.2) is 33.0 Å². The Morgan fingerprint density at radius 1 is 1.63 bits per heavy atom. The predicted octanol–water partition coefficient (Wildman–Crippen LogP) is 2.11. The number of nitrogens with one attached hydrogen (secondary N) is 1. The number of carbonyl (C=O) groups excluding carboxylic acids is 1. The molecule has 3 aromatic heterocycles. The second-order valence-electron chi connectivity index (χ2n) is 4.36. The van der Waals surface area contributed by atoms with Gasteiger partial charge in [0, 0.05) is 18.1 Å². The van der Waals surface area contributed by atoms with E-state index in [2.05, 4.69) is 10.3 Å². The predicted molar refractivity (Wildman–Crippen MR) is 77.1 cm³/mol. The van der Waals surface area contributed by atoms with Gasteiger partial charge < -0.3 is 10.4 Å². The third kappa shape index (κ3) is 2.36. The molecule has 0 aliphatic heterocycles. The van der Waals surface area contributed by atoms with Gasteiger partial charge in [-0.15, -0.1) is 22.7 Å². The summed E-state index contributed by atoms with van der Waals surface area (Å²) in [6, 6.07) is 1.87. The van der Waals surface area contributed by atoms with Gasteiger partial charge >= 0.3 is 0 Å². The molecule has 0 spiro atoms. The Hall–Kier alpha value is -1.44. The molecule has 0 fully saturated rings. The van der Waals surface area contributed by atoms with Crippen molar-refractivity contribution in [1.29, 1.82) is 0 Å². The van der Waals surface area contributed by atoms with E-state index in [0.29, 0.717) is 17.8 Å². The largest absolute Gasteiger partial charge is 0.393 e. The van der Waals surface area contributed by atoms with Crippen molar-refractivity contribution in [2.75, 3.05) is 6.54 Å². The summed E-state index contributed by atoms with van der Waals surface area (Å²) in [6.07, 6.45) is 2.12. The number of imidazole rings is 1. The summed E-state index contributed by atoms with van der Waals surface area (Å²) in [5, 5.41) is 13.9. The van der Waals surface area contributed by atoms with Crippen molar-refractivity contribution in [3.8, 4) is 0 Å². The second-order valence-corrected chi connectivity index (χ2v) is 6.27. The molecule has 5 nitrogen and oxygen atoms in total. The van der Waals surface area contributed by atoms with Gasteiger partial charge in [0.05, 0.1) is 16.5 Å². The lowest BCUT2D eigenvalue weighted by molar-refractivity contribution is 0.0949. The highest BCUT2D eigenvalue weighted by Crippen LogP contribution is 2.28. The normalized spacial score (nSPS) is 13.2. The summed E-state index contributed by atoms with van der Waals surface area (Å²) < 4.78 is 1.99. The number of amides is 1. The number of aliphatic hydroxyl groups is 1. The Morgan fingerprint density at radius 3 is 3.26 bits per heavy atom. The third-order valence-electron chi connectivity index (χ3n) is 2.81. The number of rotatable bonds is 4. The molecule has 7 heteroatoms. The van der Waals surface area contributed by atoms with Crippen LogP contribution in [0.1, 0.15) is 23.0 Å². The third-order valence-corrected chi connectivity index (χ3v) is 4.58. The molecule has 0 aromatic carbocycles. The van der Waals surface area contributed by atoms with Gasteiger partial charge in [-0.25, -0.2) is 4.98 Å². The standard InChI is InChI=1S/C12H13N3O2S2/c1-7(16)2-3-13-10(17)9-6-8-11(19-9)14-12-15(8)4-5-18-12/h4-7,16H,2-3H2,1H3,(H,13,17). The van der Waals surface area contributed by atoms with E-state index < -0.39 is 6.10 Å². The monoisotopic (exact) mass is 295 g/mol. The van der Waals surface area contributed by atoms with E-state index in [1.807, 2.05) is 22.0 Å². The highest BCUT2D eigenvalue weighted by Gasteiger charge is 2.14. The first kappa shape index (κ1) is 12.6. The van der Waals surface area contributed by atoms with Crippen LogP contribution in [0.25, 0.3) is 15.3 Å². The number of aromatic nitrogens is 2. The zero-order valence-electron chi connectivity index (χ0n) is 10.3. The van der Waals surface area contributed by atoms with E-state index in [1.54, 1.807) is 18.3 Å². The first-order chi connectivity index (χ1) is 9.15. The van der Waals surface area contributed by atoms with E-state index in [-0.39, 0.29) is 5.91 Å². The van der Waals surface area contributed by atoms with Crippen molar-refractivity contribution in [1.82, 2.24) is 14.7 Å². The number of nitrogens with zero attached hydrogens (tertiary/aromatic N) is 2. The summed E-state index contributed by atoms with van der Waals surface area (Å²) in [4.78, 5) is 18.9. The van der Waals surface area contributed by atoms with Crippen LogP contribution in [-0.2, 0) is 0 Å². The van der Waals surface area contributed by atoms with Crippen LogP contribution < -0.4 is 5.32 Å². The van der Waals surface area contributed by atoms with Crippen molar-refractivity contribution in [2.24, 2.45) is 0 Å². The highest BCUT2D eigenvalue weighted by atomic mass is 32.1. The minimum absolute atomic E-state index is 0.104. The molecule has 1 atom stereocenters. The average molecular weight is 295 g/mol. The van der Waals surface area contributed by atoms with E-state index >= 15 is 0 Å². The number of thiophene rings is 1. The zero-order chi connectivity index (χ0) is 13.4. The van der Waals surface area contributed by atoms with Crippen LogP contribution in [0.2, 0.25) is 0 Å². The Labute approximate surface area is 117 Å². The summed E-state index contributed by atoms with van der Waals surface area (Å²) in [5.74, 6) is -0.104. The van der Waals surface area contributed by atoms with E-state index in [0.717, 1.165) is 15.3 Å². The first-order valence-corrected chi connectivity index (χ1v) is 7.66. The van der Waals surface area contributed by atoms with Crippen LogP contribution in [0.5, 0.6) is 0 Å². The van der Waals surface area contributed by atoms with Crippen LogP contribution in [0, 0.1) is 0 Å². The minimum atomic E-state index is -0.396. The summed E-state index contributed by atoms with van der Waals surface area (Å²) in [6.45, 7) is 2.19. The number of hydrogen-bond acceptors (Lipinski definition) is 5. The fraction of sp³-hybridized carbons (Fsp3) is 0.333. The van der Waals surface area contributed by atoms with Gasteiger partial charge in [-0.2, -0.15) is 0 Å². The second kappa shape index (κ2) is 4.92. The smallest absolute Gasteiger partial charge is 0.261 e. The molecule has 0 radical (unpaired) electrons. The van der Waals surface area contributed by atoms with Crippen LogP contribution in [0.3, 0.4) is 0 Å². The van der Waals surface area contributed by atoms with Crippen molar-refractivity contribution >= 4 is 43.9 Å². The van der Waals surface area contributed by atoms with E-state index in [1.165, 1.54) is 11.3 Å². The number of aliphatic hydroxyl groups excluding tert-OH is 1. The Kier molecular flexibility index (Phi) is 3.26. The molecule has 1 amide bonds. The molecule has 19 heavy (non-hydrogen) atoms. The maximum Gasteiger partial charge on any atom is 0.261 e. The molecule has 0 bridgehead atoms. The quantitative estimate of drug-likeness (QED) is 0.774. The lowest BCUT2D eigenvalue weighted by Gasteiger charge is -2.04. The van der Waals surface area contributed by atoms with Gasteiger partial charge in [-0.3, -0.25) is 9.20 Å². The van der Waals surface area contributed by atoms with Gasteiger partial charge in [-0.05, 0) is 19.4 Å². The maximum absolute atomic E-state index is 12.0. The Bertz CT molecular complexity index is 726. The van der Waals surface area contributed by atoms with Crippen molar-refractivity contribution in [3.63, 3.8) is 0 Å². The van der Waals surface area contributed by atoms with Crippen molar-refractivity contribution < 1.29 is 9.90 Å². The lowest BCUT2D eigenvalue weighted by atomic mass is 10.3. The van der Waals surface area contributed by atoms with E-state index in [4.69, 9.17) is 5.11 Å². The van der Waals surface area contributed by atoms with Gasteiger partial charge in [0.1, 0.15) is 4.83 Å². The van der Waals surface area contributed by atoms with Gasteiger partial charge in [0.2, 0.25) is 0 Å². The fourth-order valence-electron chi connectivity index (χ4n) is 1.84. The van der Waals surface area contributed by atoms with Crippen LogP contribution in [0.15, 0.2) is 17.6 Å². The number of thiazole rings is 1. The zero-order valence-corrected chi connectivity index (χ0v) is 11.9. The minimum Gasteiger partial charge on any atom is -0.393 e. The molecular weight excluding hydrogens is 282 g/mol. The van der Waals surface area contributed by atoms with Gasteiger partial charge in [0.25, 0.3) is 5.91 Å². The molecular formula is C12H13N3O2S2. The van der Waals surface area contributed by atoms with E-state index in [9.17, 15) is 4.79 Å². The molecule has 0 aliphatic rings. The molecule has 3 aromatic rings. The van der Waals surface area contributed by atoms with Crippen LogP contribution >= 0.6 is 22.7 Å². The molecule has 3 heterocycles. The molecule has 0 saturated carbocycles. The van der Waals surface area contributed by atoms with Crippen LogP contribution in [0.4, 0.5) is 0 Å². The highest BCUT2D eigenvalue weighted by molar-refractivity contribution is 7.21. The molecule has 3 rings (SSSR count). The first-order valence-electron chi connectivity index (χ1n) is 5.96. The van der Waals surface area contributed by atoms with Gasteiger partial charge in [0.15, 0.2) is 4.96 Å². The number of carbonyl (C=O) groups is 1. The Balaban J connectivity index is 1.80. The SMILES string of the molecule is CC(O)CCNC(=O)c1cc2c(nc3sccn32)s1. The van der Waals surface area contributed by atoms with Crippen molar-refractivity contribution in [3.05, 3.63) is 22.5 Å². The maximum atomic E-state index is 12.0. The molecule has 0 aliphatic carbocycles. The average Bonchev–Trinajstić information content (AvgIpc) is 2.98.